The van der Waals surface area contributed by atoms with Gasteiger partial charge in [0.2, 0.25) is 5.88 Å². The van der Waals surface area contributed by atoms with Gasteiger partial charge < -0.3 is 14.2 Å². The van der Waals surface area contributed by atoms with Crippen molar-refractivity contribution in [3.63, 3.8) is 0 Å². The van der Waals surface area contributed by atoms with E-state index in [9.17, 15) is 0 Å². The zero-order valence-electron chi connectivity index (χ0n) is 14.3. The van der Waals surface area contributed by atoms with Crippen molar-refractivity contribution in [1.82, 2.24) is 19.5 Å². The van der Waals surface area contributed by atoms with Crippen LogP contribution in [0.15, 0.2) is 24.8 Å². The molecule has 1 aliphatic heterocycles. The van der Waals surface area contributed by atoms with Gasteiger partial charge in [0, 0.05) is 44.0 Å². The van der Waals surface area contributed by atoms with E-state index in [-0.39, 0.29) is 0 Å². The summed E-state index contributed by atoms with van der Waals surface area (Å²) in [6.45, 7) is 3.12. The van der Waals surface area contributed by atoms with Crippen LogP contribution in [0.5, 0.6) is 5.88 Å². The van der Waals surface area contributed by atoms with Crippen molar-refractivity contribution in [3.05, 3.63) is 30.6 Å². The molecule has 24 heavy (non-hydrogen) atoms. The maximum Gasteiger partial charge on any atom is 0.218 e. The molecule has 4 rings (SSSR count). The molecule has 0 unspecified atom stereocenters. The molecule has 2 fully saturated rings. The molecule has 1 aliphatic carbocycles. The lowest BCUT2D eigenvalue weighted by atomic mass is 9.85. The van der Waals surface area contributed by atoms with Crippen LogP contribution in [0.1, 0.15) is 43.8 Å². The smallest absolute Gasteiger partial charge is 0.218 e. The largest absolute Gasteiger partial charge is 0.481 e. The third-order valence-corrected chi connectivity index (χ3v) is 5.37. The van der Waals surface area contributed by atoms with Crippen LogP contribution in [0.25, 0.3) is 0 Å². The maximum atomic E-state index is 5.23. The molecule has 128 valence electrons. The summed E-state index contributed by atoms with van der Waals surface area (Å²) in [6, 6.07) is 1.92. The van der Waals surface area contributed by atoms with Crippen LogP contribution in [0.2, 0.25) is 0 Å². The standard InChI is InChI=1S/C18H25N5O/c1-24-17-10-16(20-13-21-17)22-8-3-6-15(12-22)18-19-7-9-23(18)11-14-4-2-5-14/h7,9-10,13-15H,2-6,8,11-12H2,1H3/t15-/m1/s1. The Morgan fingerprint density at radius 1 is 1.17 bits per heavy atom. The first-order valence-electron chi connectivity index (χ1n) is 8.95. The highest BCUT2D eigenvalue weighted by molar-refractivity contribution is 5.41. The van der Waals surface area contributed by atoms with E-state index in [4.69, 9.17) is 9.72 Å². The molecule has 0 aromatic carbocycles. The molecular weight excluding hydrogens is 302 g/mol. The van der Waals surface area contributed by atoms with Crippen molar-refractivity contribution >= 4 is 5.82 Å². The number of hydrogen-bond acceptors (Lipinski definition) is 5. The van der Waals surface area contributed by atoms with Crippen molar-refractivity contribution in [2.45, 2.75) is 44.6 Å². The van der Waals surface area contributed by atoms with Crippen molar-refractivity contribution in [2.75, 3.05) is 25.1 Å². The van der Waals surface area contributed by atoms with E-state index in [2.05, 4.69) is 25.6 Å². The van der Waals surface area contributed by atoms with Gasteiger partial charge in [-0.25, -0.2) is 15.0 Å². The number of methoxy groups -OCH3 is 1. The molecule has 3 heterocycles. The summed E-state index contributed by atoms with van der Waals surface area (Å²) in [5.74, 6) is 4.13. The van der Waals surface area contributed by atoms with Crippen LogP contribution in [-0.2, 0) is 6.54 Å². The fourth-order valence-electron chi connectivity index (χ4n) is 3.80. The van der Waals surface area contributed by atoms with Gasteiger partial charge >= 0.3 is 0 Å². The van der Waals surface area contributed by atoms with E-state index in [1.165, 1.54) is 31.5 Å². The zero-order valence-corrected chi connectivity index (χ0v) is 14.3. The van der Waals surface area contributed by atoms with Crippen LogP contribution in [0, 0.1) is 5.92 Å². The second-order valence-electron chi connectivity index (χ2n) is 6.94. The highest BCUT2D eigenvalue weighted by Crippen LogP contribution is 2.32. The molecule has 1 saturated carbocycles. The summed E-state index contributed by atoms with van der Waals surface area (Å²) < 4.78 is 7.62. The number of ether oxygens (including phenoxy) is 1. The van der Waals surface area contributed by atoms with Crippen molar-refractivity contribution in [1.29, 1.82) is 0 Å². The Bertz CT molecular complexity index is 682. The van der Waals surface area contributed by atoms with E-state index in [1.54, 1.807) is 13.4 Å². The van der Waals surface area contributed by atoms with Gasteiger partial charge in [0.15, 0.2) is 0 Å². The number of piperidine rings is 1. The summed E-state index contributed by atoms with van der Waals surface area (Å²) in [6.07, 6.45) is 12.2. The number of nitrogens with zero attached hydrogens (tertiary/aromatic N) is 5. The van der Waals surface area contributed by atoms with Crippen molar-refractivity contribution in [2.24, 2.45) is 5.92 Å². The Balaban J connectivity index is 1.49. The molecule has 0 N–H and O–H groups in total. The topological polar surface area (TPSA) is 56.1 Å². The molecule has 2 aromatic heterocycles. The van der Waals surface area contributed by atoms with Gasteiger partial charge in [-0.3, -0.25) is 0 Å². The molecule has 0 radical (unpaired) electrons. The van der Waals surface area contributed by atoms with Crippen LogP contribution < -0.4 is 9.64 Å². The van der Waals surface area contributed by atoms with Crippen LogP contribution in [0.3, 0.4) is 0 Å². The number of anilines is 1. The predicted molar refractivity (Wildman–Crippen MR) is 92.3 cm³/mol. The summed E-state index contributed by atoms with van der Waals surface area (Å²) in [5.41, 5.74) is 0. The molecule has 0 spiro atoms. The predicted octanol–water partition coefficient (Wildman–Crippen LogP) is 2.87. The Hall–Kier alpha value is -2.11. The van der Waals surface area contributed by atoms with Crippen molar-refractivity contribution in [3.8, 4) is 5.88 Å². The summed E-state index contributed by atoms with van der Waals surface area (Å²) in [4.78, 5) is 15.6. The lowest BCUT2D eigenvalue weighted by molar-refractivity contribution is 0.270. The number of aromatic nitrogens is 4. The number of hydrogen-bond donors (Lipinski definition) is 0. The number of rotatable bonds is 5. The molecule has 1 atom stereocenters. The maximum absolute atomic E-state index is 5.23. The first-order valence-corrected chi connectivity index (χ1v) is 8.95. The van der Waals surface area contributed by atoms with Gasteiger partial charge in [-0.2, -0.15) is 0 Å². The van der Waals surface area contributed by atoms with E-state index >= 15 is 0 Å². The molecule has 1 saturated heterocycles. The molecule has 2 aromatic rings. The Kier molecular flexibility index (Phi) is 4.36. The SMILES string of the molecule is COc1cc(N2CCC[C@@H](c3nccn3CC3CCC3)C2)ncn1. The lowest BCUT2D eigenvalue weighted by Gasteiger charge is -2.34. The zero-order chi connectivity index (χ0) is 16.4. The van der Waals surface area contributed by atoms with Crippen LogP contribution >= 0.6 is 0 Å². The van der Waals surface area contributed by atoms with Crippen molar-refractivity contribution < 1.29 is 4.74 Å². The molecule has 2 aliphatic rings. The van der Waals surface area contributed by atoms with E-state index in [0.717, 1.165) is 37.8 Å². The van der Waals surface area contributed by atoms with Gasteiger partial charge in [-0.05, 0) is 31.6 Å². The van der Waals surface area contributed by atoms with E-state index in [1.807, 2.05) is 12.3 Å². The van der Waals surface area contributed by atoms with E-state index < -0.39 is 0 Å². The Morgan fingerprint density at radius 2 is 2.08 bits per heavy atom. The average molecular weight is 327 g/mol. The highest BCUT2D eigenvalue weighted by atomic mass is 16.5. The molecule has 6 heteroatoms. The third kappa shape index (κ3) is 3.09. The summed E-state index contributed by atoms with van der Waals surface area (Å²) >= 11 is 0. The van der Waals surface area contributed by atoms with Gasteiger partial charge in [0.1, 0.15) is 18.0 Å². The minimum atomic E-state index is 0.467. The van der Waals surface area contributed by atoms with Crippen LogP contribution in [-0.4, -0.2) is 39.7 Å². The first kappa shape index (κ1) is 15.4. The van der Waals surface area contributed by atoms with E-state index in [0.29, 0.717) is 11.8 Å². The van der Waals surface area contributed by atoms with Gasteiger partial charge in [-0.1, -0.05) is 6.42 Å². The van der Waals surface area contributed by atoms with Gasteiger partial charge in [-0.15, -0.1) is 0 Å². The average Bonchev–Trinajstić information content (AvgIpc) is 3.07. The number of imidazole rings is 1. The normalized spacial score (nSPS) is 21.5. The molecule has 0 bridgehead atoms. The Morgan fingerprint density at radius 3 is 2.88 bits per heavy atom. The fraction of sp³-hybridized carbons (Fsp3) is 0.611. The second-order valence-corrected chi connectivity index (χ2v) is 6.94. The summed E-state index contributed by atoms with van der Waals surface area (Å²) in [7, 11) is 1.64. The van der Waals surface area contributed by atoms with Gasteiger partial charge in [0.05, 0.1) is 7.11 Å². The first-order chi connectivity index (χ1) is 11.8. The molecule has 0 amide bonds. The second kappa shape index (κ2) is 6.79. The minimum Gasteiger partial charge on any atom is -0.481 e. The lowest BCUT2D eigenvalue weighted by Crippen LogP contribution is -2.36. The van der Waals surface area contributed by atoms with Gasteiger partial charge in [0.25, 0.3) is 0 Å². The third-order valence-electron chi connectivity index (χ3n) is 5.37. The Labute approximate surface area is 142 Å². The monoisotopic (exact) mass is 327 g/mol. The van der Waals surface area contributed by atoms with Crippen LogP contribution in [0.4, 0.5) is 5.82 Å². The highest BCUT2D eigenvalue weighted by Gasteiger charge is 2.27. The molecule has 6 nitrogen and oxygen atoms in total. The molecular formula is C18H25N5O. The quantitative estimate of drug-likeness (QED) is 0.845. The fourth-order valence-corrected chi connectivity index (χ4v) is 3.80. The summed E-state index contributed by atoms with van der Waals surface area (Å²) in [5, 5.41) is 0. The minimum absolute atomic E-state index is 0.467.